The van der Waals surface area contributed by atoms with E-state index in [0.717, 1.165) is 10.0 Å². The first-order valence-electron chi connectivity index (χ1n) is 5.30. The molecule has 0 aliphatic rings. The molecule has 0 atom stereocenters. The van der Waals surface area contributed by atoms with Crippen molar-refractivity contribution >= 4 is 21.6 Å². The summed E-state index contributed by atoms with van der Waals surface area (Å²) in [5.41, 5.74) is 1.64. The lowest BCUT2D eigenvalue weighted by Crippen LogP contribution is -1.97. The predicted octanol–water partition coefficient (Wildman–Crippen LogP) is 2.56. The zero-order valence-electron chi connectivity index (χ0n) is 9.54. The number of halogens is 1. The molecule has 3 aromatic rings. The number of benzene rings is 1. The zero-order valence-corrected chi connectivity index (χ0v) is 11.1. The molecule has 3 rings (SSSR count). The molecule has 0 N–H and O–H groups in total. The lowest BCUT2D eigenvalue weighted by molar-refractivity contribution is 0.390. The summed E-state index contributed by atoms with van der Waals surface area (Å²) < 4.78 is 7.79. The summed E-state index contributed by atoms with van der Waals surface area (Å²) in [6.45, 7) is 0. The van der Waals surface area contributed by atoms with Crippen LogP contribution < -0.4 is 4.74 Å². The number of rotatable bonds is 2. The van der Waals surface area contributed by atoms with E-state index in [1.807, 2.05) is 30.3 Å². The Kier molecular flexibility index (Phi) is 2.71. The highest BCUT2D eigenvalue weighted by Gasteiger charge is 2.09. The van der Waals surface area contributed by atoms with Crippen molar-refractivity contribution in [2.24, 2.45) is 0 Å². The Morgan fingerprint density at radius 3 is 2.56 bits per heavy atom. The zero-order chi connectivity index (χ0) is 12.5. The second kappa shape index (κ2) is 4.38. The molecule has 0 unspecified atom stereocenters. The van der Waals surface area contributed by atoms with Crippen molar-refractivity contribution in [1.82, 2.24) is 19.8 Å². The van der Waals surface area contributed by atoms with Gasteiger partial charge in [-0.2, -0.15) is 4.52 Å². The molecule has 5 nitrogen and oxygen atoms in total. The second-order valence-electron chi connectivity index (χ2n) is 3.68. The van der Waals surface area contributed by atoms with Crippen LogP contribution in [-0.4, -0.2) is 26.9 Å². The maximum Gasteiger partial charge on any atom is 0.231 e. The van der Waals surface area contributed by atoms with Gasteiger partial charge in [0, 0.05) is 16.1 Å². The number of hydrogen-bond acceptors (Lipinski definition) is 4. The number of hydrogen-bond donors (Lipinski definition) is 0. The number of aromatic nitrogens is 4. The first kappa shape index (κ1) is 11.2. The van der Waals surface area contributed by atoms with E-state index >= 15 is 0 Å². The van der Waals surface area contributed by atoms with Gasteiger partial charge in [0.1, 0.15) is 0 Å². The fourth-order valence-electron chi connectivity index (χ4n) is 1.66. The number of ether oxygens (including phenoxy) is 1. The highest BCUT2D eigenvalue weighted by atomic mass is 79.9. The van der Waals surface area contributed by atoms with E-state index in [1.54, 1.807) is 17.7 Å². The Bertz CT molecular complexity index is 693. The summed E-state index contributed by atoms with van der Waals surface area (Å²) in [5, 5.41) is 12.5. The molecule has 0 spiro atoms. The van der Waals surface area contributed by atoms with E-state index in [0.29, 0.717) is 17.4 Å². The summed E-state index contributed by atoms with van der Waals surface area (Å²) in [7, 11) is 1.58. The van der Waals surface area contributed by atoms with Gasteiger partial charge in [0.25, 0.3) is 0 Å². The van der Waals surface area contributed by atoms with E-state index in [4.69, 9.17) is 4.74 Å². The van der Waals surface area contributed by atoms with E-state index in [9.17, 15) is 0 Å². The summed E-state index contributed by atoms with van der Waals surface area (Å²) in [5.74, 6) is 1.22. The Morgan fingerprint density at radius 1 is 1.06 bits per heavy atom. The minimum absolute atomic E-state index is 0.528. The fraction of sp³-hybridized carbons (Fsp3) is 0.0833. The summed E-state index contributed by atoms with van der Waals surface area (Å²) in [6.07, 6.45) is 0. The number of fused-ring (bicyclic) bond motifs is 1. The first-order chi connectivity index (χ1) is 8.78. The number of methoxy groups -OCH3 is 1. The SMILES string of the molecule is COc1ccc2nnc(-c3ccc(Br)cc3)n2n1. The van der Waals surface area contributed by atoms with Gasteiger partial charge < -0.3 is 4.74 Å². The third-order valence-electron chi connectivity index (χ3n) is 2.55. The quantitative estimate of drug-likeness (QED) is 0.730. The summed E-state index contributed by atoms with van der Waals surface area (Å²) in [6, 6.07) is 11.4. The fourth-order valence-corrected chi connectivity index (χ4v) is 1.92. The van der Waals surface area contributed by atoms with Crippen molar-refractivity contribution in [2.75, 3.05) is 7.11 Å². The van der Waals surface area contributed by atoms with Gasteiger partial charge in [-0.05, 0) is 18.2 Å². The van der Waals surface area contributed by atoms with Crippen molar-refractivity contribution in [2.45, 2.75) is 0 Å². The molecule has 0 saturated carbocycles. The van der Waals surface area contributed by atoms with Gasteiger partial charge in [0.15, 0.2) is 11.5 Å². The molecule has 2 aromatic heterocycles. The third-order valence-corrected chi connectivity index (χ3v) is 3.08. The largest absolute Gasteiger partial charge is 0.480 e. The van der Waals surface area contributed by atoms with Crippen molar-refractivity contribution in [3.8, 4) is 17.3 Å². The standard InChI is InChI=1S/C12H9BrN4O/c1-18-11-7-6-10-14-15-12(17(10)16-11)8-2-4-9(13)5-3-8/h2-7H,1H3. The molecule has 18 heavy (non-hydrogen) atoms. The topological polar surface area (TPSA) is 52.3 Å². The first-order valence-corrected chi connectivity index (χ1v) is 6.09. The molecule has 0 radical (unpaired) electrons. The smallest absolute Gasteiger partial charge is 0.231 e. The van der Waals surface area contributed by atoms with Crippen LogP contribution in [0.5, 0.6) is 5.88 Å². The Hall–Kier alpha value is -1.95. The third kappa shape index (κ3) is 1.84. The Balaban J connectivity index is 2.19. The van der Waals surface area contributed by atoms with Crippen LogP contribution in [-0.2, 0) is 0 Å². The van der Waals surface area contributed by atoms with Gasteiger partial charge in [-0.25, -0.2) is 0 Å². The van der Waals surface area contributed by atoms with Crippen molar-refractivity contribution in [1.29, 1.82) is 0 Å². The number of nitrogens with zero attached hydrogens (tertiary/aromatic N) is 4. The van der Waals surface area contributed by atoms with Crippen molar-refractivity contribution in [3.05, 3.63) is 40.9 Å². The van der Waals surface area contributed by atoms with Gasteiger partial charge in [-0.15, -0.1) is 15.3 Å². The van der Waals surface area contributed by atoms with Crippen LogP contribution in [0.3, 0.4) is 0 Å². The molecule has 90 valence electrons. The van der Waals surface area contributed by atoms with Gasteiger partial charge >= 0.3 is 0 Å². The normalized spacial score (nSPS) is 10.8. The van der Waals surface area contributed by atoms with Crippen molar-refractivity contribution < 1.29 is 4.74 Å². The molecule has 2 heterocycles. The molecule has 0 bridgehead atoms. The molecule has 0 aliphatic carbocycles. The molecule has 1 aromatic carbocycles. The summed E-state index contributed by atoms with van der Waals surface area (Å²) in [4.78, 5) is 0. The van der Waals surface area contributed by atoms with E-state index in [1.165, 1.54) is 0 Å². The molecule has 0 saturated heterocycles. The molecule has 6 heteroatoms. The lowest BCUT2D eigenvalue weighted by Gasteiger charge is -2.01. The van der Waals surface area contributed by atoms with E-state index in [-0.39, 0.29) is 0 Å². The average molecular weight is 305 g/mol. The average Bonchev–Trinajstić information content (AvgIpc) is 2.82. The van der Waals surface area contributed by atoms with Crippen LogP contribution in [0.1, 0.15) is 0 Å². The molecular weight excluding hydrogens is 296 g/mol. The molecule has 0 aliphatic heterocycles. The lowest BCUT2D eigenvalue weighted by atomic mass is 10.2. The van der Waals surface area contributed by atoms with E-state index in [2.05, 4.69) is 31.2 Å². The Labute approximate surface area is 112 Å². The monoisotopic (exact) mass is 304 g/mol. The maximum absolute atomic E-state index is 5.11. The van der Waals surface area contributed by atoms with Crippen LogP contribution in [0.2, 0.25) is 0 Å². The predicted molar refractivity (Wildman–Crippen MR) is 70.5 cm³/mol. The van der Waals surface area contributed by atoms with Crippen LogP contribution in [0.25, 0.3) is 17.0 Å². The molecular formula is C12H9BrN4O. The van der Waals surface area contributed by atoms with Gasteiger partial charge in [-0.3, -0.25) is 0 Å². The van der Waals surface area contributed by atoms with Gasteiger partial charge in [0.2, 0.25) is 5.88 Å². The molecule has 0 fully saturated rings. The van der Waals surface area contributed by atoms with E-state index < -0.39 is 0 Å². The molecule has 0 amide bonds. The summed E-state index contributed by atoms with van der Waals surface area (Å²) >= 11 is 3.40. The van der Waals surface area contributed by atoms with Crippen LogP contribution in [0, 0.1) is 0 Å². The minimum Gasteiger partial charge on any atom is -0.480 e. The minimum atomic E-state index is 0.528. The van der Waals surface area contributed by atoms with Gasteiger partial charge in [-0.1, -0.05) is 28.1 Å². The second-order valence-corrected chi connectivity index (χ2v) is 4.59. The van der Waals surface area contributed by atoms with Crippen LogP contribution in [0.4, 0.5) is 0 Å². The maximum atomic E-state index is 5.11. The Morgan fingerprint density at radius 2 is 1.83 bits per heavy atom. The van der Waals surface area contributed by atoms with Crippen molar-refractivity contribution in [3.63, 3.8) is 0 Å². The van der Waals surface area contributed by atoms with Crippen LogP contribution >= 0.6 is 15.9 Å². The highest BCUT2D eigenvalue weighted by molar-refractivity contribution is 9.10. The van der Waals surface area contributed by atoms with Crippen LogP contribution in [0.15, 0.2) is 40.9 Å². The van der Waals surface area contributed by atoms with Gasteiger partial charge in [0.05, 0.1) is 7.11 Å². The highest BCUT2D eigenvalue weighted by Crippen LogP contribution is 2.21.